The minimum Gasteiger partial charge on any atom is -0.494 e. The number of hydrazone groups is 1. The molecule has 0 radical (unpaired) electrons. The van der Waals surface area contributed by atoms with E-state index in [1.165, 1.54) is 0 Å². The van der Waals surface area contributed by atoms with Crippen molar-refractivity contribution in [1.82, 2.24) is 10.4 Å². The Kier molecular flexibility index (Phi) is 4.77. The lowest BCUT2D eigenvalue weighted by molar-refractivity contribution is -0.122. The van der Waals surface area contributed by atoms with Crippen LogP contribution < -0.4 is 10.2 Å². The van der Waals surface area contributed by atoms with Crippen molar-refractivity contribution in [3.05, 3.63) is 70.9 Å². The van der Waals surface area contributed by atoms with Gasteiger partial charge in [-0.15, -0.1) is 0 Å². The Labute approximate surface area is 162 Å². The molecule has 1 heterocycles. The zero-order valence-electron chi connectivity index (χ0n) is 14.7. The van der Waals surface area contributed by atoms with Crippen molar-refractivity contribution in [2.45, 2.75) is 12.3 Å². The second-order valence-electron chi connectivity index (χ2n) is 6.54. The second kappa shape index (κ2) is 7.37. The highest BCUT2D eigenvalue weighted by Crippen LogP contribution is 2.47. The van der Waals surface area contributed by atoms with Crippen LogP contribution in [0.15, 0.2) is 59.8 Å². The van der Waals surface area contributed by atoms with Crippen molar-refractivity contribution in [2.24, 2.45) is 11.0 Å². The number of carbonyl (C=O) groups excluding carboxylic acids is 1. The number of ether oxygens (including phenoxy) is 1. The van der Waals surface area contributed by atoms with Gasteiger partial charge in [-0.25, -0.2) is 5.43 Å². The molecule has 2 unspecified atom stereocenters. The fourth-order valence-corrected chi connectivity index (χ4v) is 3.45. The molecule has 0 spiro atoms. The van der Waals surface area contributed by atoms with Crippen LogP contribution in [0, 0.1) is 5.92 Å². The van der Waals surface area contributed by atoms with E-state index < -0.39 is 0 Å². The van der Waals surface area contributed by atoms with E-state index in [0.717, 1.165) is 28.5 Å². The van der Waals surface area contributed by atoms with Gasteiger partial charge in [0, 0.05) is 22.5 Å². The number of aromatic nitrogens is 1. The van der Waals surface area contributed by atoms with Gasteiger partial charge in [-0.3, -0.25) is 9.78 Å². The first-order chi connectivity index (χ1) is 13.2. The molecule has 1 amide bonds. The van der Waals surface area contributed by atoms with Crippen LogP contribution in [0.25, 0.3) is 10.9 Å². The number of rotatable bonds is 5. The lowest BCUT2D eigenvalue weighted by Crippen LogP contribution is -2.20. The Bertz CT molecular complexity index is 1030. The predicted octanol–water partition coefficient (Wildman–Crippen LogP) is 4.15. The van der Waals surface area contributed by atoms with Gasteiger partial charge in [-0.05, 0) is 53.8 Å². The van der Waals surface area contributed by atoms with E-state index in [1.807, 2.05) is 48.5 Å². The van der Waals surface area contributed by atoms with Crippen LogP contribution in [0.4, 0.5) is 0 Å². The summed E-state index contributed by atoms with van der Waals surface area (Å²) in [7, 11) is 1.61. The highest BCUT2D eigenvalue weighted by Gasteiger charge is 2.43. The molecule has 1 N–H and O–H groups in total. The van der Waals surface area contributed by atoms with E-state index in [2.05, 4.69) is 15.5 Å². The normalized spacial score (nSPS) is 18.6. The van der Waals surface area contributed by atoms with Crippen LogP contribution in [0.3, 0.4) is 0 Å². The van der Waals surface area contributed by atoms with Crippen LogP contribution >= 0.6 is 11.6 Å². The molecule has 0 aliphatic heterocycles. The third kappa shape index (κ3) is 3.78. The highest BCUT2D eigenvalue weighted by atomic mass is 35.5. The summed E-state index contributed by atoms with van der Waals surface area (Å²) in [5, 5.41) is 5.75. The molecular weight excluding hydrogens is 362 g/mol. The summed E-state index contributed by atoms with van der Waals surface area (Å²) < 4.78 is 5.39. The Morgan fingerprint density at radius 3 is 3.00 bits per heavy atom. The molecule has 0 saturated heterocycles. The first-order valence-electron chi connectivity index (χ1n) is 8.67. The minimum absolute atomic E-state index is 0.0593. The molecule has 2 atom stereocenters. The maximum absolute atomic E-state index is 12.3. The maximum Gasteiger partial charge on any atom is 0.243 e. The zero-order valence-corrected chi connectivity index (χ0v) is 15.5. The number of methoxy groups -OCH3 is 1. The predicted molar refractivity (Wildman–Crippen MR) is 106 cm³/mol. The number of nitrogens with zero attached hydrogens (tertiary/aromatic N) is 2. The number of hydrogen-bond acceptors (Lipinski definition) is 4. The quantitative estimate of drug-likeness (QED) is 0.535. The van der Waals surface area contributed by atoms with Crippen LogP contribution in [0.2, 0.25) is 5.02 Å². The van der Waals surface area contributed by atoms with Crippen LogP contribution in [-0.2, 0) is 4.79 Å². The van der Waals surface area contributed by atoms with E-state index >= 15 is 0 Å². The number of nitrogens with one attached hydrogen (secondary N) is 1. The molecule has 6 heteroatoms. The molecule has 136 valence electrons. The second-order valence-corrected chi connectivity index (χ2v) is 6.97. The summed E-state index contributed by atoms with van der Waals surface area (Å²) in [6.07, 6.45) is 4.16. The molecule has 1 aliphatic rings. The molecule has 1 aliphatic carbocycles. The lowest BCUT2D eigenvalue weighted by Gasteiger charge is -2.06. The fraction of sp³-hybridized carbons (Fsp3) is 0.190. The number of pyridine rings is 1. The molecule has 4 rings (SSSR count). The summed E-state index contributed by atoms with van der Waals surface area (Å²) in [6.45, 7) is 0. The third-order valence-electron chi connectivity index (χ3n) is 4.70. The first-order valence-corrected chi connectivity index (χ1v) is 9.04. The number of hydrogen-bond donors (Lipinski definition) is 1. The van der Waals surface area contributed by atoms with Gasteiger partial charge in [0.15, 0.2) is 0 Å². The number of carbonyl (C=O) groups is 1. The first kappa shape index (κ1) is 17.5. The molecular formula is C21H18ClN3O2. The average Bonchev–Trinajstić information content (AvgIpc) is 3.48. The number of benzene rings is 2. The van der Waals surface area contributed by atoms with Gasteiger partial charge in [-0.1, -0.05) is 29.8 Å². The van der Waals surface area contributed by atoms with E-state index in [9.17, 15) is 4.79 Å². The molecule has 5 nitrogen and oxygen atoms in total. The Balaban J connectivity index is 1.42. The monoisotopic (exact) mass is 379 g/mol. The lowest BCUT2D eigenvalue weighted by atomic mass is 10.1. The molecule has 0 bridgehead atoms. The van der Waals surface area contributed by atoms with E-state index in [1.54, 1.807) is 19.5 Å². The standard InChI is InChI=1S/C21H18ClN3O2/c1-27-19-9-13(8-15-5-3-7-23-20(15)19)12-24-25-21(26)18-11-17(18)14-4-2-6-16(22)10-14/h2-10,12,17-18H,11H2,1H3,(H,25,26)/b24-12+. The minimum atomic E-state index is -0.0781. The van der Waals surface area contributed by atoms with Crippen molar-refractivity contribution in [1.29, 1.82) is 0 Å². The molecule has 3 aromatic rings. The fourth-order valence-electron chi connectivity index (χ4n) is 3.25. The van der Waals surface area contributed by atoms with E-state index in [0.29, 0.717) is 10.8 Å². The summed E-state index contributed by atoms with van der Waals surface area (Å²) in [5.41, 5.74) is 5.35. The van der Waals surface area contributed by atoms with E-state index in [-0.39, 0.29) is 17.7 Å². The SMILES string of the molecule is COc1cc(/C=N/NC(=O)C2CC2c2cccc(Cl)c2)cc2cccnc12. The van der Waals surface area contributed by atoms with Gasteiger partial charge >= 0.3 is 0 Å². The summed E-state index contributed by atoms with van der Waals surface area (Å²) in [4.78, 5) is 16.6. The molecule has 27 heavy (non-hydrogen) atoms. The summed E-state index contributed by atoms with van der Waals surface area (Å²) >= 11 is 6.02. The van der Waals surface area contributed by atoms with Crippen molar-refractivity contribution in [2.75, 3.05) is 7.11 Å². The molecule has 1 aromatic heterocycles. The van der Waals surface area contributed by atoms with Crippen LogP contribution in [-0.4, -0.2) is 24.2 Å². The van der Waals surface area contributed by atoms with Gasteiger partial charge in [0.05, 0.1) is 13.3 Å². The number of halogens is 1. The number of amides is 1. The van der Waals surface area contributed by atoms with Gasteiger partial charge < -0.3 is 4.74 Å². The van der Waals surface area contributed by atoms with Crippen LogP contribution in [0.5, 0.6) is 5.75 Å². The van der Waals surface area contributed by atoms with Crippen molar-refractivity contribution >= 4 is 34.6 Å². The Hall–Kier alpha value is -2.92. The van der Waals surface area contributed by atoms with Crippen molar-refractivity contribution in [3.63, 3.8) is 0 Å². The zero-order chi connectivity index (χ0) is 18.8. The number of fused-ring (bicyclic) bond motifs is 1. The van der Waals surface area contributed by atoms with Crippen molar-refractivity contribution in [3.8, 4) is 5.75 Å². The van der Waals surface area contributed by atoms with Crippen molar-refractivity contribution < 1.29 is 9.53 Å². The summed E-state index contributed by atoms with van der Waals surface area (Å²) in [6, 6.07) is 15.3. The Morgan fingerprint density at radius 2 is 2.19 bits per heavy atom. The Morgan fingerprint density at radius 1 is 1.30 bits per heavy atom. The van der Waals surface area contributed by atoms with E-state index in [4.69, 9.17) is 16.3 Å². The molecule has 1 fully saturated rings. The third-order valence-corrected chi connectivity index (χ3v) is 4.94. The van der Waals surface area contributed by atoms with Gasteiger partial charge in [0.2, 0.25) is 5.91 Å². The highest BCUT2D eigenvalue weighted by molar-refractivity contribution is 6.30. The topological polar surface area (TPSA) is 63.6 Å². The van der Waals surface area contributed by atoms with Gasteiger partial charge in [0.1, 0.15) is 11.3 Å². The largest absolute Gasteiger partial charge is 0.494 e. The average molecular weight is 380 g/mol. The van der Waals surface area contributed by atoms with Gasteiger partial charge in [0.25, 0.3) is 0 Å². The maximum atomic E-state index is 12.3. The smallest absolute Gasteiger partial charge is 0.243 e. The molecule has 2 aromatic carbocycles. The molecule has 1 saturated carbocycles. The van der Waals surface area contributed by atoms with Crippen LogP contribution in [0.1, 0.15) is 23.5 Å². The van der Waals surface area contributed by atoms with Gasteiger partial charge in [-0.2, -0.15) is 5.10 Å². The summed E-state index contributed by atoms with van der Waals surface area (Å²) in [5.74, 6) is 0.747.